The SMILES string of the molecule is C[C@H](CCc1ccccc1)NC(=O)[C@]1(O)c2ccccc2NC(=O)N1c1ccc(Cl)c(Cl)c1. The van der Waals surface area contributed by atoms with Gasteiger partial charge in [-0.05, 0) is 49.6 Å². The minimum Gasteiger partial charge on any atom is -0.359 e. The van der Waals surface area contributed by atoms with Crippen LogP contribution in [-0.2, 0) is 16.9 Å². The summed E-state index contributed by atoms with van der Waals surface area (Å²) in [5.41, 5.74) is -0.308. The smallest absolute Gasteiger partial charge is 0.329 e. The number of para-hydroxylation sites is 1. The third-order valence-electron chi connectivity index (χ3n) is 5.64. The van der Waals surface area contributed by atoms with Crippen molar-refractivity contribution in [1.82, 2.24) is 5.32 Å². The summed E-state index contributed by atoms with van der Waals surface area (Å²) in [4.78, 5) is 27.6. The lowest BCUT2D eigenvalue weighted by Crippen LogP contribution is -2.63. The number of rotatable bonds is 6. The molecule has 3 aromatic carbocycles. The summed E-state index contributed by atoms with van der Waals surface area (Å²) in [6.45, 7) is 1.86. The Labute approximate surface area is 202 Å². The Bertz CT molecular complexity index is 1190. The maximum Gasteiger partial charge on any atom is 0.329 e. The number of urea groups is 1. The summed E-state index contributed by atoms with van der Waals surface area (Å²) in [5.74, 6) is -0.712. The van der Waals surface area contributed by atoms with Gasteiger partial charge in [0.05, 0.1) is 21.4 Å². The van der Waals surface area contributed by atoms with Gasteiger partial charge < -0.3 is 15.7 Å². The minimum atomic E-state index is -2.29. The van der Waals surface area contributed by atoms with Crippen LogP contribution in [0.25, 0.3) is 0 Å². The summed E-state index contributed by atoms with van der Waals surface area (Å²) in [5, 5.41) is 17.9. The summed E-state index contributed by atoms with van der Waals surface area (Å²) in [7, 11) is 0. The van der Waals surface area contributed by atoms with E-state index in [1.807, 2.05) is 37.3 Å². The van der Waals surface area contributed by atoms with Gasteiger partial charge in [0, 0.05) is 11.6 Å². The van der Waals surface area contributed by atoms with E-state index in [0.29, 0.717) is 17.1 Å². The fraction of sp³-hybridized carbons (Fsp3) is 0.200. The highest BCUT2D eigenvalue weighted by Crippen LogP contribution is 2.41. The fourth-order valence-corrected chi connectivity index (χ4v) is 4.20. The molecule has 0 radical (unpaired) electrons. The Balaban J connectivity index is 1.66. The van der Waals surface area contributed by atoms with Gasteiger partial charge >= 0.3 is 6.03 Å². The van der Waals surface area contributed by atoms with E-state index < -0.39 is 17.7 Å². The largest absolute Gasteiger partial charge is 0.359 e. The molecule has 3 aromatic rings. The Morgan fingerprint density at radius 2 is 1.76 bits per heavy atom. The molecule has 0 spiro atoms. The van der Waals surface area contributed by atoms with Gasteiger partial charge in [-0.25, -0.2) is 4.79 Å². The minimum absolute atomic E-state index is 0.194. The molecule has 33 heavy (non-hydrogen) atoms. The Morgan fingerprint density at radius 1 is 1.06 bits per heavy atom. The van der Waals surface area contributed by atoms with Crippen LogP contribution in [0.4, 0.5) is 16.2 Å². The molecule has 2 atom stereocenters. The Kier molecular flexibility index (Phi) is 6.61. The molecular weight excluding hydrogens is 461 g/mol. The lowest BCUT2D eigenvalue weighted by Gasteiger charge is -2.43. The predicted molar refractivity (Wildman–Crippen MR) is 131 cm³/mol. The highest BCUT2D eigenvalue weighted by atomic mass is 35.5. The van der Waals surface area contributed by atoms with Gasteiger partial charge in [0.25, 0.3) is 11.6 Å². The maximum atomic E-state index is 13.5. The number of aryl methyl sites for hydroxylation is 1. The van der Waals surface area contributed by atoms with Gasteiger partial charge in [-0.2, -0.15) is 0 Å². The molecule has 0 fully saturated rings. The van der Waals surface area contributed by atoms with E-state index in [1.54, 1.807) is 24.3 Å². The molecule has 4 rings (SSSR count). The zero-order valence-electron chi connectivity index (χ0n) is 17.9. The molecule has 8 heteroatoms. The van der Waals surface area contributed by atoms with Crippen LogP contribution in [-0.4, -0.2) is 23.1 Å². The van der Waals surface area contributed by atoms with E-state index >= 15 is 0 Å². The molecule has 0 saturated heterocycles. The molecule has 0 aromatic heterocycles. The number of hydrogen-bond acceptors (Lipinski definition) is 3. The molecule has 0 unspecified atom stereocenters. The molecule has 3 amide bonds. The zero-order valence-corrected chi connectivity index (χ0v) is 19.4. The van der Waals surface area contributed by atoms with E-state index in [4.69, 9.17) is 23.2 Å². The number of aliphatic hydroxyl groups is 1. The number of benzene rings is 3. The van der Waals surface area contributed by atoms with Crippen LogP contribution in [0.15, 0.2) is 72.8 Å². The summed E-state index contributed by atoms with van der Waals surface area (Å²) >= 11 is 12.2. The van der Waals surface area contributed by atoms with Crippen molar-refractivity contribution < 1.29 is 14.7 Å². The summed E-state index contributed by atoms with van der Waals surface area (Å²) in [6, 6.07) is 20.1. The topological polar surface area (TPSA) is 81.7 Å². The van der Waals surface area contributed by atoms with Crippen molar-refractivity contribution in [2.75, 3.05) is 10.2 Å². The van der Waals surface area contributed by atoms with Crippen LogP contribution < -0.4 is 15.5 Å². The first-order valence-corrected chi connectivity index (χ1v) is 11.3. The normalized spacial score (nSPS) is 18.3. The second-order valence-corrected chi connectivity index (χ2v) is 8.79. The number of halogens is 2. The number of carbonyl (C=O) groups is 2. The lowest BCUT2D eigenvalue weighted by molar-refractivity contribution is -0.141. The van der Waals surface area contributed by atoms with Crippen molar-refractivity contribution in [2.24, 2.45) is 0 Å². The van der Waals surface area contributed by atoms with Crippen molar-refractivity contribution in [2.45, 2.75) is 31.5 Å². The Hall–Kier alpha value is -3.06. The van der Waals surface area contributed by atoms with Gasteiger partial charge in [-0.15, -0.1) is 0 Å². The molecule has 0 bridgehead atoms. The number of amides is 3. The van der Waals surface area contributed by atoms with E-state index in [-0.39, 0.29) is 22.3 Å². The molecule has 170 valence electrons. The molecule has 0 aliphatic carbocycles. The van der Waals surface area contributed by atoms with Gasteiger partial charge in [0.15, 0.2) is 0 Å². The first-order chi connectivity index (χ1) is 15.8. The summed E-state index contributed by atoms with van der Waals surface area (Å²) in [6.07, 6.45) is 1.42. The number of carbonyl (C=O) groups excluding carboxylic acids is 2. The highest BCUT2D eigenvalue weighted by Gasteiger charge is 2.52. The fourth-order valence-electron chi connectivity index (χ4n) is 3.91. The third kappa shape index (κ3) is 4.55. The van der Waals surface area contributed by atoms with E-state index in [2.05, 4.69) is 10.6 Å². The Morgan fingerprint density at radius 3 is 2.48 bits per heavy atom. The predicted octanol–water partition coefficient (Wildman–Crippen LogP) is 5.33. The van der Waals surface area contributed by atoms with Crippen LogP contribution in [0.1, 0.15) is 24.5 Å². The standard InChI is InChI=1S/C25H23Cl2N3O3/c1-16(11-12-17-7-3-2-4-8-17)28-23(31)25(33)19-9-5-6-10-22(19)29-24(32)30(25)18-13-14-20(26)21(27)15-18/h2-10,13-16,33H,11-12H2,1H3,(H,28,31)(H,29,32)/t16-,25-/m1/s1. The van der Waals surface area contributed by atoms with E-state index in [9.17, 15) is 14.7 Å². The van der Waals surface area contributed by atoms with Gasteiger partial charge in [0.2, 0.25) is 0 Å². The van der Waals surface area contributed by atoms with Crippen LogP contribution in [0.3, 0.4) is 0 Å². The molecule has 0 saturated carbocycles. The van der Waals surface area contributed by atoms with Crippen molar-refractivity contribution >= 4 is 46.5 Å². The first-order valence-electron chi connectivity index (χ1n) is 10.5. The molecule has 1 heterocycles. The monoisotopic (exact) mass is 483 g/mol. The highest BCUT2D eigenvalue weighted by molar-refractivity contribution is 6.42. The number of fused-ring (bicyclic) bond motifs is 1. The quantitative estimate of drug-likeness (QED) is 0.443. The first kappa shape index (κ1) is 23.1. The average Bonchev–Trinajstić information content (AvgIpc) is 2.80. The number of anilines is 2. The van der Waals surface area contributed by atoms with Crippen molar-refractivity contribution in [3.05, 3.63) is 94.0 Å². The van der Waals surface area contributed by atoms with E-state index in [1.165, 1.54) is 18.2 Å². The molecular formula is C25H23Cl2N3O3. The van der Waals surface area contributed by atoms with Gasteiger partial charge in [0.1, 0.15) is 0 Å². The van der Waals surface area contributed by atoms with Gasteiger partial charge in [-0.3, -0.25) is 9.69 Å². The average molecular weight is 484 g/mol. The van der Waals surface area contributed by atoms with Crippen LogP contribution in [0, 0.1) is 0 Å². The van der Waals surface area contributed by atoms with Crippen molar-refractivity contribution in [3.8, 4) is 0 Å². The molecule has 1 aliphatic heterocycles. The van der Waals surface area contributed by atoms with Gasteiger partial charge in [-0.1, -0.05) is 71.7 Å². The number of nitrogens with zero attached hydrogens (tertiary/aromatic N) is 1. The third-order valence-corrected chi connectivity index (χ3v) is 6.37. The lowest BCUT2D eigenvalue weighted by atomic mass is 9.94. The van der Waals surface area contributed by atoms with Crippen LogP contribution in [0.5, 0.6) is 0 Å². The number of hydrogen-bond donors (Lipinski definition) is 3. The van der Waals surface area contributed by atoms with Crippen molar-refractivity contribution in [3.63, 3.8) is 0 Å². The zero-order chi connectivity index (χ0) is 23.6. The second kappa shape index (κ2) is 9.43. The summed E-state index contributed by atoms with van der Waals surface area (Å²) < 4.78 is 0. The van der Waals surface area contributed by atoms with Crippen LogP contribution in [0.2, 0.25) is 10.0 Å². The molecule has 6 nitrogen and oxygen atoms in total. The van der Waals surface area contributed by atoms with Crippen molar-refractivity contribution in [1.29, 1.82) is 0 Å². The van der Waals surface area contributed by atoms with Crippen LogP contribution >= 0.6 is 23.2 Å². The number of nitrogens with one attached hydrogen (secondary N) is 2. The second-order valence-electron chi connectivity index (χ2n) is 7.98. The molecule has 1 aliphatic rings. The molecule has 3 N–H and O–H groups in total. The van der Waals surface area contributed by atoms with E-state index in [0.717, 1.165) is 16.9 Å². The maximum absolute atomic E-state index is 13.5.